The van der Waals surface area contributed by atoms with Crippen LogP contribution in [0.15, 0.2) is 24.3 Å². The highest BCUT2D eigenvalue weighted by Crippen LogP contribution is 2.07. The van der Waals surface area contributed by atoms with Gasteiger partial charge in [-0.2, -0.15) is 0 Å². The summed E-state index contributed by atoms with van der Waals surface area (Å²) in [4.78, 5) is 0. The molecule has 1 aromatic carbocycles. The minimum atomic E-state index is 0. The molecule has 0 aromatic heterocycles. The van der Waals surface area contributed by atoms with Crippen LogP contribution in [0, 0.1) is 0 Å². The molecular formula is C8H11BrClN. The largest absolute Gasteiger partial charge is 0.399 e. The fourth-order valence-corrected chi connectivity index (χ4v) is 1.32. The summed E-state index contributed by atoms with van der Waals surface area (Å²) in [6, 6.07) is 7.96. The number of aryl methyl sites for hydroxylation is 1. The fourth-order valence-electron chi connectivity index (χ4n) is 0.858. The summed E-state index contributed by atoms with van der Waals surface area (Å²) in [7, 11) is 0. The van der Waals surface area contributed by atoms with Crippen molar-refractivity contribution in [1.82, 2.24) is 0 Å². The second-order valence-corrected chi connectivity index (χ2v) is 2.98. The van der Waals surface area contributed by atoms with Crippen LogP contribution in [-0.2, 0) is 6.42 Å². The molecule has 0 saturated heterocycles. The first-order valence-electron chi connectivity index (χ1n) is 3.23. The van der Waals surface area contributed by atoms with Crippen LogP contribution in [0.2, 0.25) is 0 Å². The predicted molar refractivity (Wildman–Crippen MR) is 55.6 cm³/mol. The molecule has 0 aliphatic rings. The van der Waals surface area contributed by atoms with E-state index in [4.69, 9.17) is 5.73 Å². The molecule has 0 atom stereocenters. The number of halogens is 2. The lowest BCUT2D eigenvalue weighted by molar-refractivity contribution is 1.17. The molecule has 0 saturated carbocycles. The van der Waals surface area contributed by atoms with Gasteiger partial charge in [0.25, 0.3) is 0 Å². The molecular weight excluding hydrogens is 225 g/mol. The molecule has 0 spiro atoms. The molecule has 0 bridgehead atoms. The Labute approximate surface area is 81.5 Å². The van der Waals surface area contributed by atoms with Crippen LogP contribution in [-0.4, -0.2) is 5.33 Å². The lowest BCUT2D eigenvalue weighted by Crippen LogP contribution is -1.88. The van der Waals surface area contributed by atoms with Crippen molar-refractivity contribution in [2.45, 2.75) is 6.42 Å². The Hall–Kier alpha value is -0.210. The van der Waals surface area contributed by atoms with Crippen molar-refractivity contribution in [2.24, 2.45) is 0 Å². The van der Waals surface area contributed by atoms with Crippen LogP contribution in [0.1, 0.15) is 5.56 Å². The van der Waals surface area contributed by atoms with Gasteiger partial charge in [-0.05, 0) is 24.1 Å². The fraction of sp³-hybridized carbons (Fsp3) is 0.250. The zero-order valence-corrected chi connectivity index (χ0v) is 8.49. The third-order valence-electron chi connectivity index (χ3n) is 1.33. The summed E-state index contributed by atoms with van der Waals surface area (Å²) in [6.45, 7) is 0. The number of nitrogens with two attached hydrogens (primary N) is 1. The van der Waals surface area contributed by atoms with Gasteiger partial charge in [-0.15, -0.1) is 12.4 Å². The van der Waals surface area contributed by atoms with Gasteiger partial charge in [0.1, 0.15) is 0 Å². The average molecular weight is 237 g/mol. The number of hydrogen-bond donors (Lipinski definition) is 1. The average Bonchev–Trinajstić information content (AvgIpc) is 1.88. The van der Waals surface area contributed by atoms with E-state index in [0.717, 1.165) is 17.4 Å². The van der Waals surface area contributed by atoms with E-state index in [2.05, 4.69) is 22.0 Å². The van der Waals surface area contributed by atoms with Crippen molar-refractivity contribution in [1.29, 1.82) is 0 Å². The van der Waals surface area contributed by atoms with E-state index >= 15 is 0 Å². The molecule has 11 heavy (non-hydrogen) atoms. The first-order valence-corrected chi connectivity index (χ1v) is 4.35. The molecule has 0 unspecified atom stereocenters. The summed E-state index contributed by atoms with van der Waals surface area (Å²) in [5.41, 5.74) is 7.71. The number of rotatable bonds is 2. The molecule has 1 nitrogen and oxygen atoms in total. The monoisotopic (exact) mass is 235 g/mol. The van der Waals surface area contributed by atoms with Crippen LogP contribution in [0.25, 0.3) is 0 Å². The molecule has 1 rings (SSSR count). The summed E-state index contributed by atoms with van der Waals surface area (Å²) < 4.78 is 0. The Morgan fingerprint density at radius 2 is 2.09 bits per heavy atom. The van der Waals surface area contributed by atoms with Gasteiger partial charge < -0.3 is 5.73 Å². The van der Waals surface area contributed by atoms with Crippen molar-refractivity contribution < 1.29 is 0 Å². The molecule has 62 valence electrons. The lowest BCUT2D eigenvalue weighted by Gasteiger charge is -1.97. The maximum atomic E-state index is 5.57. The number of hydrogen-bond acceptors (Lipinski definition) is 1. The van der Waals surface area contributed by atoms with Gasteiger partial charge in [0.05, 0.1) is 0 Å². The molecule has 0 amide bonds. The Bertz CT molecular complexity index is 215. The zero-order valence-electron chi connectivity index (χ0n) is 6.09. The predicted octanol–water partition coefficient (Wildman–Crippen LogP) is 2.63. The van der Waals surface area contributed by atoms with E-state index < -0.39 is 0 Å². The normalized spacial score (nSPS) is 8.82. The van der Waals surface area contributed by atoms with Crippen molar-refractivity contribution in [3.05, 3.63) is 29.8 Å². The minimum Gasteiger partial charge on any atom is -0.399 e. The summed E-state index contributed by atoms with van der Waals surface area (Å²) in [6.07, 6.45) is 1.05. The van der Waals surface area contributed by atoms with E-state index in [1.165, 1.54) is 5.56 Å². The number of benzene rings is 1. The summed E-state index contributed by atoms with van der Waals surface area (Å²) >= 11 is 3.37. The summed E-state index contributed by atoms with van der Waals surface area (Å²) in [5.74, 6) is 0. The van der Waals surface area contributed by atoms with E-state index in [0.29, 0.717) is 0 Å². The highest BCUT2D eigenvalue weighted by atomic mass is 79.9. The van der Waals surface area contributed by atoms with E-state index in [1.807, 2.05) is 18.2 Å². The lowest BCUT2D eigenvalue weighted by atomic mass is 10.1. The number of anilines is 1. The molecule has 0 fully saturated rings. The quantitative estimate of drug-likeness (QED) is 0.620. The Morgan fingerprint density at radius 3 is 2.64 bits per heavy atom. The van der Waals surface area contributed by atoms with Crippen LogP contribution in [0.4, 0.5) is 5.69 Å². The Morgan fingerprint density at radius 1 is 1.36 bits per heavy atom. The highest BCUT2D eigenvalue weighted by molar-refractivity contribution is 9.09. The molecule has 3 heteroatoms. The van der Waals surface area contributed by atoms with Crippen LogP contribution >= 0.6 is 28.3 Å². The van der Waals surface area contributed by atoms with E-state index in [9.17, 15) is 0 Å². The van der Waals surface area contributed by atoms with Crippen LogP contribution in [0.3, 0.4) is 0 Å². The minimum absolute atomic E-state index is 0. The molecule has 1 aromatic rings. The molecule has 0 aliphatic heterocycles. The molecule has 0 radical (unpaired) electrons. The van der Waals surface area contributed by atoms with Gasteiger partial charge in [0.15, 0.2) is 0 Å². The van der Waals surface area contributed by atoms with Crippen LogP contribution < -0.4 is 5.73 Å². The van der Waals surface area contributed by atoms with Gasteiger partial charge in [-0.1, -0.05) is 28.1 Å². The van der Waals surface area contributed by atoms with Gasteiger partial charge in [0.2, 0.25) is 0 Å². The second-order valence-electron chi connectivity index (χ2n) is 2.18. The van der Waals surface area contributed by atoms with E-state index in [1.54, 1.807) is 0 Å². The van der Waals surface area contributed by atoms with Crippen molar-refractivity contribution >= 4 is 34.0 Å². The third kappa shape index (κ3) is 3.63. The topological polar surface area (TPSA) is 26.0 Å². The smallest absolute Gasteiger partial charge is 0.0316 e. The van der Waals surface area contributed by atoms with Gasteiger partial charge in [-0.25, -0.2) is 0 Å². The maximum absolute atomic E-state index is 5.57. The highest BCUT2D eigenvalue weighted by Gasteiger charge is 1.89. The zero-order chi connectivity index (χ0) is 7.40. The van der Waals surface area contributed by atoms with Gasteiger partial charge in [0, 0.05) is 11.0 Å². The Balaban J connectivity index is 0.000001000. The van der Waals surface area contributed by atoms with Crippen LogP contribution in [0.5, 0.6) is 0 Å². The first-order chi connectivity index (χ1) is 4.83. The van der Waals surface area contributed by atoms with Gasteiger partial charge >= 0.3 is 0 Å². The molecule has 0 aliphatic carbocycles. The van der Waals surface area contributed by atoms with Crippen molar-refractivity contribution in [3.8, 4) is 0 Å². The number of nitrogen functional groups attached to an aromatic ring is 1. The van der Waals surface area contributed by atoms with E-state index in [-0.39, 0.29) is 12.4 Å². The number of alkyl halides is 1. The maximum Gasteiger partial charge on any atom is 0.0316 e. The Kier molecular flexibility index (Phi) is 5.34. The second kappa shape index (κ2) is 5.44. The van der Waals surface area contributed by atoms with Gasteiger partial charge in [-0.3, -0.25) is 0 Å². The standard InChI is InChI=1S/C8H10BrN.ClH/c9-5-4-7-2-1-3-8(10)6-7;/h1-3,6H,4-5,10H2;1H. The van der Waals surface area contributed by atoms with Crippen molar-refractivity contribution in [2.75, 3.05) is 11.1 Å². The molecule has 2 N–H and O–H groups in total. The SMILES string of the molecule is Cl.Nc1cccc(CCBr)c1. The first kappa shape index (κ1) is 10.8. The molecule has 0 heterocycles. The van der Waals surface area contributed by atoms with Crippen molar-refractivity contribution in [3.63, 3.8) is 0 Å². The summed E-state index contributed by atoms with van der Waals surface area (Å²) in [5, 5.41) is 0.996. The third-order valence-corrected chi connectivity index (χ3v) is 1.73.